The lowest BCUT2D eigenvalue weighted by atomic mass is 9.95. The van der Waals surface area contributed by atoms with Crippen LogP contribution in [-0.2, 0) is 0 Å². The minimum Gasteiger partial charge on any atom is -0.396 e. The van der Waals surface area contributed by atoms with Crippen molar-refractivity contribution in [1.29, 1.82) is 0 Å². The molecule has 3 atom stereocenters. The summed E-state index contributed by atoms with van der Waals surface area (Å²) in [6, 6.07) is 9.60. The molecule has 1 fully saturated rings. The number of carbonyl (C=O) groups excluding carboxylic acids is 1. The molecule has 17 heavy (non-hydrogen) atoms. The average molecular weight is 229 g/mol. The summed E-state index contributed by atoms with van der Waals surface area (Å²) in [5.41, 5.74) is 0.727. The Morgan fingerprint density at radius 1 is 1.29 bits per heavy atom. The molecule has 1 aromatic rings. The topological polar surface area (TPSA) is 40.5 Å². The molecule has 3 rings (SSSR count). The number of rotatable bonds is 2. The van der Waals surface area contributed by atoms with E-state index in [9.17, 15) is 9.90 Å². The molecule has 1 amide bonds. The van der Waals surface area contributed by atoms with Gasteiger partial charge in [-0.15, -0.1) is 0 Å². The standard InChI is InChI=1S/C14H15NO2/c16-9-11-8-12-6-7-13(11)15(12)14(17)10-4-2-1-3-5-10/h1-7,11-13,16H,8-9H2/t11-,12-,13+/m1/s1. The van der Waals surface area contributed by atoms with Crippen LogP contribution in [0.25, 0.3) is 0 Å². The SMILES string of the molecule is O=C(c1ccccc1)N1[C@@H]2C=C[C@H]1[C@@H](CO)C2. The summed E-state index contributed by atoms with van der Waals surface area (Å²) in [5, 5.41) is 9.29. The summed E-state index contributed by atoms with van der Waals surface area (Å²) in [6.07, 6.45) is 5.02. The van der Waals surface area contributed by atoms with Gasteiger partial charge in [-0.25, -0.2) is 0 Å². The van der Waals surface area contributed by atoms with E-state index in [2.05, 4.69) is 12.2 Å². The highest BCUT2D eigenvalue weighted by Gasteiger charge is 2.44. The molecule has 2 aliphatic rings. The van der Waals surface area contributed by atoms with Crippen LogP contribution >= 0.6 is 0 Å². The molecule has 2 heterocycles. The van der Waals surface area contributed by atoms with E-state index < -0.39 is 0 Å². The Morgan fingerprint density at radius 3 is 2.71 bits per heavy atom. The van der Waals surface area contributed by atoms with Crippen LogP contribution < -0.4 is 0 Å². The first-order valence-corrected chi connectivity index (χ1v) is 5.98. The van der Waals surface area contributed by atoms with Crippen LogP contribution in [-0.4, -0.2) is 34.6 Å². The molecular formula is C14H15NO2. The van der Waals surface area contributed by atoms with Crippen LogP contribution in [0.4, 0.5) is 0 Å². The average Bonchev–Trinajstić information content (AvgIpc) is 2.96. The van der Waals surface area contributed by atoms with Crippen LogP contribution in [0.2, 0.25) is 0 Å². The van der Waals surface area contributed by atoms with Gasteiger partial charge in [-0.2, -0.15) is 0 Å². The normalized spacial score (nSPS) is 29.9. The highest BCUT2D eigenvalue weighted by Crippen LogP contribution is 2.37. The van der Waals surface area contributed by atoms with Gasteiger partial charge in [0.05, 0.1) is 12.1 Å². The second kappa shape index (κ2) is 4.00. The van der Waals surface area contributed by atoms with Crippen molar-refractivity contribution in [2.75, 3.05) is 6.61 Å². The largest absolute Gasteiger partial charge is 0.396 e. The van der Waals surface area contributed by atoms with Crippen LogP contribution in [0.5, 0.6) is 0 Å². The summed E-state index contributed by atoms with van der Waals surface area (Å²) < 4.78 is 0. The fraction of sp³-hybridized carbons (Fsp3) is 0.357. The van der Waals surface area contributed by atoms with Gasteiger partial charge >= 0.3 is 0 Å². The van der Waals surface area contributed by atoms with Crippen molar-refractivity contribution in [1.82, 2.24) is 4.90 Å². The zero-order chi connectivity index (χ0) is 11.8. The van der Waals surface area contributed by atoms with Crippen molar-refractivity contribution in [3.63, 3.8) is 0 Å². The number of nitrogens with zero attached hydrogens (tertiary/aromatic N) is 1. The molecule has 2 aliphatic heterocycles. The molecule has 1 aromatic carbocycles. The highest BCUT2D eigenvalue weighted by atomic mass is 16.3. The van der Waals surface area contributed by atoms with E-state index in [0.29, 0.717) is 0 Å². The van der Waals surface area contributed by atoms with Gasteiger partial charge < -0.3 is 10.0 Å². The number of amides is 1. The Kier molecular flexibility index (Phi) is 2.48. The van der Waals surface area contributed by atoms with E-state index in [1.807, 2.05) is 35.2 Å². The Hall–Kier alpha value is -1.61. The molecule has 0 unspecified atom stereocenters. The summed E-state index contributed by atoms with van der Waals surface area (Å²) >= 11 is 0. The molecule has 0 aromatic heterocycles. The molecular weight excluding hydrogens is 214 g/mol. The monoisotopic (exact) mass is 229 g/mol. The Balaban J connectivity index is 1.86. The molecule has 0 radical (unpaired) electrons. The molecule has 1 N–H and O–H groups in total. The zero-order valence-corrected chi connectivity index (χ0v) is 9.49. The van der Waals surface area contributed by atoms with Gasteiger partial charge in [0.1, 0.15) is 0 Å². The van der Waals surface area contributed by atoms with E-state index in [1.54, 1.807) is 0 Å². The third-order valence-corrected chi connectivity index (χ3v) is 3.73. The Labute approximate surface area is 100 Å². The van der Waals surface area contributed by atoms with Gasteiger partial charge in [0, 0.05) is 18.1 Å². The van der Waals surface area contributed by atoms with E-state index in [1.165, 1.54) is 0 Å². The fourth-order valence-corrected chi connectivity index (χ4v) is 2.87. The molecule has 0 saturated carbocycles. The van der Waals surface area contributed by atoms with E-state index in [-0.39, 0.29) is 30.5 Å². The van der Waals surface area contributed by atoms with Gasteiger partial charge in [0.15, 0.2) is 0 Å². The third kappa shape index (κ3) is 1.58. The lowest BCUT2D eigenvalue weighted by Crippen LogP contribution is -2.37. The fourth-order valence-electron chi connectivity index (χ4n) is 2.87. The zero-order valence-electron chi connectivity index (χ0n) is 9.49. The summed E-state index contributed by atoms with van der Waals surface area (Å²) in [6.45, 7) is 0.157. The maximum atomic E-state index is 12.4. The molecule has 3 heteroatoms. The van der Waals surface area contributed by atoms with Crippen molar-refractivity contribution in [2.45, 2.75) is 18.5 Å². The molecule has 0 aliphatic carbocycles. The lowest BCUT2D eigenvalue weighted by Gasteiger charge is -2.23. The maximum Gasteiger partial charge on any atom is 0.254 e. The first-order valence-electron chi connectivity index (χ1n) is 5.98. The molecule has 88 valence electrons. The van der Waals surface area contributed by atoms with E-state index in [0.717, 1.165) is 12.0 Å². The highest BCUT2D eigenvalue weighted by molar-refractivity contribution is 5.95. The van der Waals surface area contributed by atoms with Crippen LogP contribution in [0.15, 0.2) is 42.5 Å². The summed E-state index contributed by atoms with van der Waals surface area (Å²) in [5.74, 6) is 0.277. The van der Waals surface area contributed by atoms with Crippen molar-refractivity contribution >= 4 is 5.91 Å². The van der Waals surface area contributed by atoms with Crippen molar-refractivity contribution in [2.24, 2.45) is 5.92 Å². The van der Waals surface area contributed by atoms with Crippen molar-refractivity contribution in [3.05, 3.63) is 48.0 Å². The number of aliphatic hydroxyl groups excluding tert-OH is 1. The first kappa shape index (κ1) is 10.5. The van der Waals surface area contributed by atoms with Gasteiger partial charge in [0.2, 0.25) is 0 Å². The summed E-state index contributed by atoms with van der Waals surface area (Å²) in [4.78, 5) is 14.3. The number of hydrogen-bond acceptors (Lipinski definition) is 2. The van der Waals surface area contributed by atoms with E-state index >= 15 is 0 Å². The first-order chi connectivity index (χ1) is 8.31. The minimum atomic E-state index is 0.0709. The maximum absolute atomic E-state index is 12.4. The third-order valence-electron chi connectivity index (χ3n) is 3.73. The molecule has 0 spiro atoms. The Bertz CT molecular complexity index is 455. The van der Waals surface area contributed by atoms with Gasteiger partial charge in [0.25, 0.3) is 5.91 Å². The van der Waals surface area contributed by atoms with Gasteiger partial charge in [-0.1, -0.05) is 30.4 Å². The van der Waals surface area contributed by atoms with Crippen LogP contribution in [0, 0.1) is 5.92 Å². The Morgan fingerprint density at radius 2 is 2.06 bits per heavy atom. The molecule has 3 nitrogen and oxygen atoms in total. The smallest absolute Gasteiger partial charge is 0.254 e. The van der Waals surface area contributed by atoms with E-state index in [4.69, 9.17) is 0 Å². The quantitative estimate of drug-likeness (QED) is 0.780. The predicted molar refractivity (Wildman–Crippen MR) is 64.5 cm³/mol. The second-order valence-corrected chi connectivity index (χ2v) is 4.70. The lowest BCUT2D eigenvalue weighted by molar-refractivity contribution is 0.0724. The summed E-state index contributed by atoms with van der Waals surface area (Å²) in [7, 11) is 0. The second-order valence-electron chi connectivity index (χ2n) is 4.70. The molecule has 2 bridgehead atoms. The van der Waals surface area contributed by atoms with Gasteiger partial charge in [-0.05, 0) is 18.6 Å². The van der Waals surface area contributed by atoms with Crippen LogP contribution in [0.1, 0.15) is 16.8 Å². The number of benzene rings is 1. The number of carbonyl (C=O) groups is 1. The molecule has 1 saturated heterocycles. The van der Waals surface area contributed by atoms with Crippen molar-refractivity contribution in [3.8, 4) is 0 Å². The van der Waals surface area contributed by atoms with Gasteiger partial charge in [-0.3, -0.25) is 4.79 Å². The number of fused-ring (bicyclic) bond motifs is 2. The predicted octanol–water partition coefficient (Wildman–Crippen LogP) is 1.45. The van der Waals surface area contributed by atoms with Crippen molar-refractivity contribution < 1.29 is 9.90 Å². The minimum absolute atomic E-state index is 0.0709. The number of aliphatic hydroxyl groups is 1. The van der Waals surface area contributed by atoms with Crippen LogP contribution in [0.3, 0.4) is 0 Å². The number of hydrogen-bond donors (Lipinski definition) is 1.